The lowest BCUT2D eigenvalue weighted by Gasteiger charge is -2.10. The number of aliphatic carboxylic acids is 1. The van der Waals surface area contributed by atoms with Crippen molar-refractivity contribution in [3.63, 3.8) is 0 Å². The number of ether oxygens (including phenoxy) is 2. The summed E-state index contributed by atoms with van der Waals surface area (Å²) in [5.74, 6) is 0.539. The van der Waals surface area contributed by atoms with E-state index < -0.39 is 5.97 Å². The zero-order chi connectivity index (χ0) is 15.2. The first-order valence-electron chi connectivity index (χ1n) is 5.97. The van der Waals surface area contributed by atoms with Gasteiger partial charge in [-0.05, 0) is 52.3 Å². The van der Waals surface area contributed by atoms with Gasteiger partial charge in [-0.1, -0.05) is 0 Å². The van der Waals surface area contributed by atoms with Gasteiger partial charge in [-0.25, -0.2) is 9.78 Å². The molecule has 2 rings (SSSR count). The first-order valence-corrected chi connectivity index (χ1v) is 6.77. The molecule has 0 aliphatic carbocycles. The summed E-state index contributed by atoms with van der Waals surface area (Å²) in [4.78, 5) is 14.7. The van der Waals surface area contributed by atoms with E-state index in [2.05, 4.69) is 20.9 Å². The molecule has 0 spiro atoms. The Kier molecular flexibility index (Phi) is 4.94. The number of hydrogen-bond acceptors (Lipinski definition) is 4. The minimum atomic E-state index is -1.03. The summed E-state index contributed by atoms with van der Waals surface area (Å²) >= 11 is 3.39. The molecule has 0 amide bonds. The Bertz CT molecular complexity index is 685. The smallest absolute Gasteiger partial charge is 0.328 e. The summed E-state index contributed by atoms with van der Waals surface area (Å²) < 4.78 is 11.5. The second-order valence-corrected chi connectivity index (χ2v) is 4.82. The maximum atomic E-state index is 10.6. The maximum absolute atomic E-state index is 10.6. The van der Waals surface area contributed by atoms with E-state index in [4.69, 9.17) is 14.6 Å². The van der Waals surface area contributed by atoms with Gasteiger partial charge in [-0.2, -0.15) is 0 Å². The number of methoxy groups -OCH3 is 1. The molecule has 0 saturated carbocycles. The summed E-state index contributed by atoms with van der Waals surface area (Å²) in [5, 5.41) is 8.69. The Morgan fingerprint density at radius 1 is 1.38 bits per heavy atom. The van der Waals surface area contributed by atoms with E-state index in [0.29, 0.717) is 27.4 Å². The van der Waals surface area contributed by atoms with Crippen LogP contribution in [0.1, 0.15) is 5.56 Å². The minimum Gasteiger partial charge on any atom is -0.497 e. The first kappa shape index (κ1) is 15.1. The molecule has 1 heterocycles. The van der Waals surface area contributed by atoms with Gasteiger partial charge in [-0.3, -0.25) is 0 Å². The Hall–Kier alpha value is -2.34. The van der Waals surface area contributed by atoms with Gasteiger partial charge in [-0.15, -0.1) is 0 Å². The minimum absolute atomic E-state index is 0.320. The highest BCUT2D eigenvalue weighted by Gasteiger charge is 2.08. The molecule has 1 N–H and O–H groups in total. The zero-order valence-electron chi connectivity index (χ0n) is 11.1. The van der Waals surface area contributed by atoms with Gasteiger partial charge >= 0.3 is 5.97 Å². The Morgan fingerprint density at radius 3 is 2.86 bits per heavy atom. The highest BCUT2D eigenvalue weighted by molar-refractivity contribution is 9.10. The fourth-order valence-corrected chi connectivity index (χ4v) is 2.01. The summed E-state index contributed by atoms with van der Waals surface area (Å²) in [7, 11) is 1.58. The second kappa shape index (κ2) is 6.90. The van der Waals surface area contributed by atoms with Gasteiger partial charge in [0.25, 0.3) is 0 Å². The lowest BCUT2D eigenvalue weighted by Crippen LogP contribution is -1.93. The van der Waals surface area contributed by atoms with E-state index >= 15 is 0 Å². The SMILES string of the molecule is COc1ccc(Oc2ncccc2/C=C/C(=O)O)c(Br)c1. The molecule has 0 fully saturated rings. The molecule has 108 valence electrons. The van der Waals surface area contributed by atoms with E-state index in [1.54, 1.807) is 43.6 Å². The zero-order valence-corrected chi connectivity index (χ0v) is 12.7. The van der Waals surface area contributed by atoms with Crippen LogP contribution in [0.4, 0.5) is 0 Å². The number of carbonyl (C=O) groups is 1. The summed E-state index contributed by atoms with van der Waals surface area (Å²) in [6.07, 6.45) is 4.04. The van der Waals surface area contributed by atoms with Crippen LogP contribution in [-0.4, -0.2) is 23.2 Å². The number of carboxylic acids is 1. The van der Waals surface area contributed by atoms with Crippen LogP contribution in [0.2, 0.25) is 0 Å². The van der Waals surface area contributed by atoms with Crippen LogP contribution >= 0.6 is 15.9 Å². The molecule has 5 nitrogen and oxygen atoms in total. The van der Waals surface area contributed by atoms with Crippen molar-refractivity contribution in [1.82, 2.24) is 4.98 Å². The molecule has 1 aromatic carbocycles. The summed E-state index contributed by atoms with van der Waals surface area (Å²) in [6.45, 7) is 0. The third-order valence-corrected chi connectivity index (χ3v) is 3.17. The molecule has 2 aromatic rings. The van der Waals surface area contributed by atoms with Crippen LogP contribution in [0.3, 0.4) is 0 Å². The van der Waals surface area contributed by atoms with Crippen molar-refractivity contribution in [2.45, 2.75) is 0 Å². The second-order valence-electron chi connectivity index (χ2n) is 3.97. The van der Waals surface area contributed by atoms with Crippen molar-refractivity contribution in [1.29, 1.82) is 0 Å². The topological polar surface area (TPSA) is 68.7 Å². The van der Waals surface area contributed by atoms with E-state index in [-0.39, 0.29) is 0 Å². The van der Waals surface area contributed by atoms with Crippen LogP contribution in [-0.2, 0) is 4.79 Å². The predicted molar refractivity (Wildman–Crippen MR) is 81.7 cm³/mol. The van der Waals surface area contributed by atoms with E-state index in [1.165, 1.54) is 6.08 Å². The number of carboxylic acid groups (broad SMARTS) is 1. The molecule has 0 radical (unpaired) electrons. The molecule has 0 saturated heterocycles. The highest BCUT2D eigenvalue weighted by atomic mass is 79.9. The largest absolute Gasteiger partial charge is 0.497 e. The van der Waals surface area contributed by atoms with Crippen molar-refractivity contribution in [3.8, 4) is 17.4 Å². The van der Waals surface area contributed by atoms with Crippen molar-refractivity contribution >= 4 is 28.0 Å². The number of hydrogen-bond donors (Lipinski definition) is 1. The monoisotopic (exact) mass is 349 g/mol. The molecule has 0 atom stereocenters. The van der Waals surface area contributed by atoms with Crippen molar-refractivity contribution < 1.29 is 19.4 Å². The number of nitrogens with zero attached hydrogens (tertiary/aromatic N) is 1. The third kappa shape index (κ3) is 4.06. The van der Waals surface area contributed by atoms with Gasteiger partial charge < -0.3 is 14.6 Å². The molecule has 0 bridgehead atoms. The predicted octanol–water partition coefficient (Wildman–Crippen LogP) is 3.74. The summed E-state index contributed by atoms with van der Waals surface area (Å²) in [5.41, 5.74) is 0.572. The Balaban J connectivity index is 2.29. The van der Waals surface area contributed by atoms with Crippen molar-refractivity contribution in [2.75, 3.05) is 7.11 Å². The lowest BCUT2D eigenvalue weighted by atomic mass is 10.2. The number of rotatable bonds is 5. The molecule has 1 aromatic heterocycles. The standard InChI is InChI=1S/C15H12BrNO4/c1-20-11-5-6-13(12(16)9-11)21-15-10(3-2-8-17-15)4-7-14(18)19/h2-9H,1H3,(H,18,19)/b7-4+. The number of aromatic nitrogens is 1. The van der Waals surface area contributed by atoms with Gasteiger partial charge in [0, 0.05) is 17.8 Å². The van der Waals surface area contributed by atoms with E-state index in [0.717, 1.165) is 6.08 Å². The van der Waals surface area contributed by atoms with Crippen LogP contribution in [0, 0.1) is 0 Å². The van der Waals surface area contributed by atoms with Crippen molar-refractivity contribution in [3.05, 3.63) is 52.6 Å². The van der Waals surface area contributed by atoms with Crippen LogP contribution in [0.25, 0.3) is 6.08 Å². The van der Waals surface area contributed by atoms with Crippen LogP contribution < -0.4 is 9.47 Å². The number of pyridine rings is 1. The fraction of sp³-hybridized carbons (Fsp3) is 0.0667. The van der Waals surface area contributed by atoms with Crippen molar-refractivity contribution in [2.24, 2.45) is 0 Å². The summed E-state index contributed by atoms with van der Waals surface area (Å²) in [6, 6.07) is 8.69. The van der Waals surface area contributed by atoms with E-state index in [1.807, 2.05) is 0 Å². The molecule has 0 aliphatic heterocycles. The van der Waals surface area contributed by atoms with Crippen LogP contribution in [0.5, 0.6) is 17.4 Å². The molecule has 21 heavy (non-hydrogen) atoms. The number of halogens is 1. The van der Waals surface area contributed by atoms with E-state index in [9.17, 15) is 4.79 Å². The van der Waals surface area contributed by atoms with Crippen LogP contribution in [0.15, 0.2) is 47.1 Å². The average molecular weight is 350 g/mol. The average Bonchev–Trinajstić information content (AvgIpc) is 2.48. The van der Waals surface area contributed by atoms with Gasteiger partial charge in [0.2, 0.25) is 5.88 Å². The van der Waals surface area contributed by atoms with Gasteiger partial charge in [0.15, 0.2) is 0 Å². The van der Waals surface area contributed by atoms with Gasteiger partial charge in [0.05, 0.1) is 11.6 Å². The molecule has 0 aliphatic rings. The highest BCUT2D eigenvalue weighted by Crippen LogP contribution is 2.33. The molecule has 0 unspecified atom stereocenters. The maximum Gasteiger partial charge on any atom is 0.328 e. The Labute approximate surface area is 130 Å². The molecule has 6 heteroatoms. The molecular formula is C15H12BrNO4. The number of benzene rings is 1. The Morgan fingerprint density at radius 2 is 2.19 bits per heavy atom. The normalized spacial score (nSPS) is 10.6. The lowest BCUT2D eigenvalue weighted by molar-refractivity contribution is -0.131. The quantitative estimate of drug-likeness (QED) is 0.832. The molecular weight excluding hydrogens is 338 g/mol. The fourth-order valence-electron chi connectivity index (χ4n) is 1.57. The van der Waals surface area contributed by atoms with Gasteiger partial charge in [0.1, 0.15) is 11.5 Å². The first-order chi connectivity index (χ1) is 10.1. The third-order valence-electron chi connectivity index (χ3n) is 2.55.